The van der Waals surface area contributed by atoms with Gasteiger partial charge in [0.25, 0.3) is 0 Å². The highest BCUT2D eigenvalue weighted by Crippen LogP contribution is 2.47. The first-order chi connectivity index (χ1) is 8.73. The number of ether oxygens (including phenoxy) is 1. The van der Waals surface area contributed by atoms with Gasteiger partial charge in [0.05, 0.1) is 7.11 Å². The lowest BCUT2D eigenvalue weighted by Gasteiger charge is -2.43. The van der Waals surface area contributed by atoms with Gasteiger partial charge < -0.3 is 10.1 Å². The highest BCUT2D eigenvalue weighted by molar-refractivity contribution is 5.44. The molecule has 1 N–H and O–H groups in total. The molecule has 0 atom stereocenters. The Bertz CT molecular complexity index is 433. The first-order valence-electron chi connectivity index (χ1n) is 7.12. The van der Waals surface area contributed by atoms with Gasteiger partial charge in [-0.2, -0.15) is 0 Å². The fraction of sp³-hybridized carbons (Fsp3) is 0.625. The fourth-order valence-corrected chi connectivity index (χ4v) is 3.01. The van der Waals surface area contributed by atoms with Crippen molar-refractivity contribution in [2.75, 3.05) is 13.7 Å². The van der Waals surface area contributed by atoms with E-state index in [4.69, 9.17) is 4.74 Å². The Hall–Kier alpha value is -1.02. The Labute approximate surface area is 110 Å². The number of nitrogens with one attached hydrogen (secondary N) is 1. The van der Waals surface area contributed by atoms with Gasteiger partial charge >= 0.3 is 0 Å². The molecule has 0 bridgehead atoms. The zero-order chi connectivity index (χ0) is 12.6. The maximum Gasteiger partial charge on any atom is 0.122 e. The number of rotatable bonds is 5. The van der Waals surface area contributed by atoms with Crippen molar-refractivity contribution in [3.8, 4) is 5.75 Å². The van der Waals surface area contributed by atoms with Crippen molar-refractivity contribution in [2.45, 2.75) is 50.5 Å². The monoisotopic (exact) mass is 245 g/mol. The molecular formula is C16H23NO. The smallest absolute Gasteiger partial charge is 0.122 e. The standard InChI is InChI=1S/C16H23NO/c1-12-4-7-15(18-2)14(10-12)16(8-3-9-16)11-17-13-5-6-13/h4,7,10,13,17H,3,5-6,8-9,11H2,1-2H3. The molecule has 0 amide bonds. The largest absolute Gasteiger partial charge is 0.496 e. The third kappa shape index (κ3) is 2.14. The summed E-state index contributed by atoms with van der Waals surface area (Å²) in [5, 5.41) is 3.71. The Kier molecular flexibility index (Phi) is 3.06. The molecule has 18 heavy (non-hydrogen) atoms. The fourth-order valence-electron chi connectivity index (χ4n) is 3.01. The minimum Gasteiger partial charge on any atom is -0.496 e. The van der Waals surface area contributed by atoms with E-state index in [-0.39, 0.29) is 0 Å². The van der Waals surface area contributed by atoms with Crippen molar-refractivity contribution >= 4 is 0 Å². The number of aryl methyl sites for hydroxylation is 1. The number of benzene rings is 1. The summed E-state index contributed by atoms with van der Waals surface area (Å²) in [4.78, 5) is 0. The van der Waals surface area contributed by atoms with Crippen LogP contribution in [0.25, 0.3) is 0 Å². The summed E-state index contributed by atoms with van der Waals surface area (Å²) in [5.74, 6) is 1.07. The van der Waals surface area contributed by atoms with E-state index in [1.807, 2.05) is 0 Å². The molecule has 2 fully saturated rings. The second-order valence-corrected chi connectivity index (χ2v) is 5.99. The van der Waals surface area contributed by atoms with Crippen LogP contribution >= 0.6 is 0 Å². The summed E-state index contributed by atoms with van der Waals surface area (Å²) in [5.41, 5.74) is 3.09. The molecule has 0 radical (unpaired) electrons. The lowest BCUT2D eigenvalue weighted by atomic mass is 9.64. The van der Waals surface area contributed by atoms with Gasteiger partial charge in [-0.15, -0.1) is 0 Å². The quantitative estimate of drug-likeness (QED) is 0.860. The van der Waals surface area contributed by atoms with E-state index < -0.39 is 0 Å². The molecular weight excluding hydrogens is 222 g/mol. The van der Waals surface area contributed by atoms with Gasteiger partial charge in [-0.3, -0.25) is 0 Å². The first-order valence-corrected chi connectivity index (χ1v) is 7.12. The highest BCUT2D eigenvalue weighted by atomic mass is 16.5. The summed E-state index contributed by atoms with van der Waals surface area (Å²) in [6.07, 6.45) is 6.67. The van der Waals surface area contributed by atoms with Crippen LogP contribution in [-0.2, 0) is 5.41 Å². The highest BCUT2D eigenvalue weighted by Gasteiger charge is 2.41. The van der Waals surface area contributed by atoms with Crippen molar-refractivity contribution < 1.29 is 4.74 Å². The van der Waals surface area contributed by atoms with Crippen molar-refractivity contribution in [3.05, 3.63) is 29.3 Å². The van der Waals surface area contributed by atoms with Crippen LogP contribution in [0.5, 0.6) is 5.75 Å². The third-order valence-electron chi connectivity index (χ3n) is 4.54. The molecule has 2 nitrogen and oxygen atoms in total. The minimum atomic E-state index is 0.333. The maximum atomic E-state index is 5.58. The summed E-state index contributed by atoms with van der Waals surface area (Å²) in [6, 6.07) is 7.38. The predicted molar refractivity (Wildman–Crippen MR) is 74.3 cm³/mol. The van der Waals surface area contributed by atoms with Crippen LogP contribution in [0.4, 0.5) is 0 Å². The minimum absolute atomic E-state index is 0.333. The van der Waals surface area contributed by atoms with Gasteiger partial charge in [-0.25, -0.2) is 0 Å². The Morgan fingerprint density at radius 1 is 1.33 bits per heavy atom. The van der Waals surface area contributed by atoms with Crippen molar-refractivity contribution in [1.29, 1.82) is 0 Å². The molecule has 0 spiro atoms. The molecule has 2 aliphatic carbocycles. The van der Waals surface area contributed by atoms with Gasteiger partial charge in [0, 0.05) is 23.6 Å². The van der Waals surface area contributed by atoms with Crippen LogP contribution in [0.15, 0.2) is 18.2 Å². The molecule has 2 saturated carbocycles. The Morgan fingerprint density at radius 3 is 2.67 bits per heavy atom. The molecule has 2 heteroatoms. The normalized spacial score (nSPS) is 21.4. The van der Waals surface area contributed by atoms with Crippen LogP contribution < -0.4 is 10.1 Å². The molecule has 0 unspecified atom stereocenters. The molecule has 0 aromatic heterocycles. The van der Waals surface area contributed by atoms with Gasteiger partial charge in [0.15, 0.2) is 0 Å². The average Bonchev–Trinajstić information content (AvgIpc) is 3.12. The Balaban J connectivity index is 1.86. The maximum absolute atomic E-state index is 5.58. The summed E-state index contributed by atoms with van der Waals surface area (Å²) in [6.45, 7) is 3.29. The van der Waals surface area contributed by atoms with E-state index in [2.05, 4.69) is 30.4 Å². The van der Waals surface area contributed by atoms with Gasteiger partial charge in [-0.1, -0.05) is 24.1 Å². The molecule has 0 aliphatic heterocycles. The summed E-state index contributed by atoms with van der Waals surface area (Å²) < 4.78 is 5.58. The van der Waals surface area contributed by atoms with Crippen molar-refractivity contribution in [3.63, 3.8) is 0 Å². The van der Waals surface area contributed by atoms with Crippen molar-refractivity contribution in [2.24, 2.45) is 0 Å². The molecule has 98 valence electrons. The van der Waals surface area contributed by atoms with Crippen LogP contribution in [0.1, 0.15) is 43.2 Å². The van der Waals surface area contributed by atoms with Crippen LogP contribution in [0.3, 0.4) is 0 Å². The SMILES string of the molecule is COc1ccc(C)cc1C1(CNC2CC2)CCC1. The van der Waals surface area contributed by atoms with E-state index in [0.717, 1.165) is 18.3 Å². The Morgan fingerprint density at radius 2 is 2.11 bits per heavy atom. The molecule has 2 aliphatic rings. The lowest BCUT2D eigenvalue weighted by molar-refractivity contribution is 0.225. The lowest BCUT2D eigenvalue weighted by Crippen LogP contribution is -2.44. The predicted octanol–water partition coefficient (Wildman–Crippen LogP) is 3.18. The second-order valence-electron chi connectivity index (χ2n) is 5.99. The van der Waals surface area contributed by atoms with Gasteiger partial charge in [-0.05, 0) is 38.7 Å². The van der Waals surface area contributed by atoms with E-state index >= 15 is 0 Å². The zero-order valence-electron chi connectivity index (χ0n) is 11.5. The molecule has 1 aromatic carbocycles. The second kappa shape index (κ2) is 4.58. The average molecular weight is 245 g/mol. The van der Waals surface area contributed by atoms with Crippen LogP contribution in [0.2, 0.25) is 0 Å². The molecule has 0 saturated heterocycles. The topological polar surface area (TPSA) is 21.3 Å². The first kappa shape index (κ1) is 12.0. The van der Waals surface area contributed by atoms with E-state index in [0.29, 0.717) is 5.41 Å². The number of hydrogen-bond donors (Lipinski definition) is 1. The molecule has 0 heterocycles. The van der Waals surface area contributed by atoms with Crippen molar-refractivity contribution in [1.82, 2.24) is 5.32 Å². The zero-order valence-corrected chi connectivity index (χ0v) is 11.5. The molecule has 3 rings (SSSR count). The summed E-state index contributed by atoms with van der Waals surface area (Å²) in [7, 11) is 1.79. The van der Waals surface area contributed by atoms with E-state index in [1.54, 1.807) is 7.11 Å². The van der Waals surface area contributed by atoms with E-state index in [1.165, 1.54) is 43.2 Å². The van der Waals surface area contributed by atoms with Crippen LogP contribution in [-0.4, -0.2) is 19.7 Å². The van der Waals surface area contributed by atoms with Crippen LogP contribution in [0, 0.1) is 6.92 Å². The van der Waals surface area contributed by atoms with Gasteiger partial charge in [0.1, 0.15) is 5.75 Å². The number of hydrogen-bond acceptors (Lipinski definition) is 2. The van der Waals surface area contributed by atoms with E-state index in [9.17, 15) is 0 Å². The number of methoxy groups -OCH3 is 1. The summed E-state index contributed by atoms with van der Waals surface area (Å²) >= 11 is 0. The third-order valence-corrected chi connectivity index (χ3v) is 4.54. The molecule has 1 aromatic rings. The van der Waals surface area contributed by atoms with Gasteiger partial charge in [0.2, 0.25) is 0 Å².